The minimum atomic E-state index is -0.0371. The fraction of sp³-hybridized carbons (Fsp3) is 0.391. The predicted octanol–water partition coefficient (Wildman–Crippen LogP) is 2.67. The maximum atomic E-state index is 12.4. The van der Waals surface area contributed by atoms with Crippen LogP contribution in [0.3, 0.4) is 0 Å². The highest BCUT2D eigenvalue weighted by atomic mass is 16.5. The molecular formula is C23H28N2O4. The Morgan fingerprint density at radius 3 is 2.34 bits per heavy atom. The molecule has 0 radical (unpaired) electrons. The number of likely N-dealkylation sites (tertiary alicyclic amines) is 1. The fourth-order valence-electron chi connectivity index (χ4n) is 3.41. The highest BCUT2D eigenvalue weighted by Gasteiger charge is 2.27. The third-order valence-electron chi connectivity index (χ3n) is 5.20. The summed E-state index contributed by atoms with van der Waals surface area (Å²) in [7, 11) is 1.64. The van der Waals surface area contributed by atoms with Gasteiger partial charge in [0.1, 0.15) is 11.5 Å². The summed E-state index contributed by atoms with van der Waals surface area (Å²) in [6, 6.07) is 17.2. The zero-order chi connectivity index (χ0) is 20.5. The van der Waals surface area contributed by atoms with Gasteiger partial charge in [-0.3, -0.25) is 9.59 Å². The first-order valence-electron chi connectivity index (χ1n) is 10.0. The number of methoxy groups -OCH3 is 1. The Hall–Kier alpha value is -3.02. The number of rotatable bonds is 8. The van der Waals surface area contributed by atoms with Crippen molar-refractivity contribution < 1.29 is 19.1 Å². The van der Waals surface area contributed by atoms with Gasteiger partial charge in [0.15, 0.2) is 6.61 Å². The van der Waals surface area contributed by atoms with Crippen molar-refractivity contribution in [2.24, 2.45) is 5.92 Å². The van der Waals surface area contributed by atoms with Gasteiger partial charge in [0.2, 0.25) is 5.91 Å². The van der Waals surface area contributed by atoms with E-state index in [9.17, 15) is 9.59 Å². The SMILES string of the molecule is COc1ccc(CCNC(=O)C2CCN(C(=O)COc3ccccc3)CC2)cc1. The molecule has 3 rings (SSSR count). The number of benzene rings is 2. The summed E-state index contributed by atoms with van der Waals surface area (Å²) in [5.74, 6) is 1.52. The molecule has 0 spiro atoms. The van der Waals surface area contributed by atoms with E-state index in [0.717, 1.165) is 17.7 Å². The maximum Gasteiger partial charge on any atom is 0.260 e. The van der Waals surface area contributed by atoms with Gasteiger partial charge in [-0.1, -0.05) is 30.3 Å². The van der Waals surface area contributed by atoms with Crippen LogP contribution in [0.25, 0.3) is 0 Å². The Balaban J connectivity index is 1.34. The van der Waals surface area contributed by atoms with Gasteiger partial charge in [-0.25, -0.2) is 0 Å². The number of carbonyl (C=O) groups is 2. The van der Waals surface area contributed by atoms with Gasteiger partial charge >= 0.3 is 0 Å². The first-order valence-corrected chi connectivity index (χ1v) is 10.0. The topological polar surface area (TPSA) is 67.9 Å². The smallest absolute Gasteiger partial charge is 0.260 e. The molecule has 0 unspecified atom stereocenters. The Bertz CT molecular complexity index is 784. The van der Waals surface area contributed by atoms with E-state index in [-0.39, 0.29) is 24.3 Å². The normalized spacial score (nSPS) is 14.3. The molecule has 0 saturated carbocycles. The molecule has 1 N–H and O–H groups in total. The molecule has 1 heterocycles. The third kappa shape index (κ3) is 6.24. The van der Waals surface area contributed by atoms with Crippen molar-refractivity contribution in [2.45, 2.75) is 19.3 Å². The lowest BCUT2D eigenvalue weighted by atomic mass is 9.96. The number of carbonyl (C=O) groups excluding carboxylic acids is 2. The molecule has 0 aliphatic carbocycles. The first kappa shape index (κ1) is 20.7. The average molecular weight is 396 g/mol. The Morgan fingerprint density at radius 2 is 1.69 bits per heavy atom. The van der Waals surface area contributed by atoms with Crippen LogP contribution in [-0.4, -0.2) is 50.1 Å². The van der Waals surface area contributed by atoms with Crippen molar-refractivity contribution >= 4 is 11.8 Å². The summed E-state index contributed by atoms with van der Waals surface area (Å²) in [6.45, 7) is 1.82. The number of para-hydroxylation sites is 1. The van der Waals surface area contributed by atoms with Gasteiger partial charge < -0.3 is 19.7 Å². The van der Waals surface area contributed by atoms with Gasteiger partial charge in [-0.05, 0) is 49.1 Å². The van der Waals surface area contributed by atoms with Gasteiger partial charge in [0, 0.05) is 25.6 Å². The van der Waals surface area contributed by atoms with Crippen LogP contribution in [-0.2, 0) is 16.0 Å². The monoisotopic (exact) mass is 396 g/mol. The van der Waals surface area contributed by atoms with Crippen molar-refractivity contribution in [1.82, 2.24) is 10.2 Å². The minimum Gasteiger partial charge on any atom is -0.497 e. The largest absolute Gasteiger partial charge is 0.497 e. The van der Waals surface area contributed by atoms with Crippen LogP contribution in [0.4, 0.5) is 0 Å². The van der Waals surface area contributed by atoms with Crippen LogP contribution < -0.4 is 14.8 Å². The Kier molecular flexibility index (Phi) is 7.50. The number of piperidine rings is 1. The number of amides is 2. The second-order valence-electron chi connectivity index (χ2n) is 7.15. The summed E-state index contributed by atoms with van der Waals surface area (Å²) in [5, 5.41) is 3.02. The van der Waals surface area contributed by atoms with Crippen molar-refractivity contribution in [3.8, 4) is 11.5 Å². The van der Waals surface area contributed by atoms with Crippen LogP contribution in [0.2, 0.25) is 0 Å². The summed E-state index contributed by atoms with van der Waals surface area (Å²) in [4.78, 5) is 26.5. The molecule has 1 aliphatic heterocycles. The van der Waals surface area contributed by atoms with Crippen LogP contribution >= 0.6 is 0 Å². The highest BCUT2D eigenvalue weighted by molar-refractivity contribution is 5.80. The standard InChI is InChI=1S/C23H28N2O4/c1-28-20-9-7-18(8-10-20)11-14-24-23(27)19-12-15-25(16-13-19)22(26)17-29-21-5-3-2-4-6-21/h2-10,19H,11-17H2,1H3,(H,24,27). The summed E-state index contributed by atoms with van der Waals surface area (Å²) < 4.78 is 10.7. The number of nitrogens with one attached hydrogen (secondary N) is 1. The molecule has 29 heavy (non-hydrogen) atoms. The second-order valence-corrected chi connectivity index (χ2v) is 7.15. The number of hydrogen-bond donors (Lipinski definition) is 1. The molecule has 2 aromatic carbocycles. The average Bonchev–Trinajstić information content (AvgIpc) is 2.78. The van der Waals surface area contributed by atoms with Crippen molar-refractivity contribution in [3.63, 3.8) is 0 Å². The van der Waals surface area contributed by atoms with Crippen molar-refractivity contribution in [2.75, 3.05) is 33.4 Å². The molecule has 1 fully saturated rings. The molecule has 2 aromatic rings. The van der Waals surface area contributed by atoms with Gasteiger partial charge in [0.25, 0.3) is 5.91 Å². The van der Waals surface area contributed by atoms with Crippen LogP contribution in [0.1, 0.15) is 18.4 Å². The molecule has 154 valence electrons. The van der Waals surface area contributed by atoms with E-state index in [4.69, 9.17) is 9.47 Å². The molecular weight excluding hydrogens is 368 g/mol. The summed E-state index contributed by atoms with van der Waals surface area (Å²) in [5.41, 5.74) is 1.16. The first-order chi connectivity index (χ1) is 14.2. The maximum absolute atomic E-state index is 12.4. The van der Waals surface area contributed by atoms with E-state index >= 15 is 0 Å². The Morgan fingerprint density at radius 1 is 1.00 bits per heavy atom. The molecule has 6 nitrogen and oxygen atoms in total. The number of nitrogens with zero attached hydrogens (tertiary/aromatic N) is 1. The van der Waals surface area contributed by atoms with E-state index in [1.807, 2.05) is 54.6 Å². The number of hydrogen-bond acceptors (Lipinski definition) is 4. The van der Waals surface area contributed by atoms with E-state index in [1.165, 1.54) is 0 Å². The molecule has 0 aromatic heterocycles. The fourth-order valence-corrected chi connectivity index (χ4v) is 3.41. The summed E-state index contributed by atoms with van der Waals surface area (Å²) in [6.07, 6.45) is 2.15. The quantitative estimate of drug-likeness (QED) is 0.745. The van der Waals surface area contributed by atoms with Crippen LogP contribution in [0, 0.1) is 5.92 Å². The lowest BCUT2D eigenvalue weighted by Gasteiger charge is -2.31. The third-order valence-corrected chi connectivity index (χ3v) is 5.20. The molecule has 1 saturated heterocycles. The number of ether oxygens (including phenoxy) is 2. The summed E-state index contributed by atoms with van der Waals surface area (Å²) >= 11 is 0. The second kappa shape index (κ2) is 10.5. The molecule has 1 aliphatic rings. The van der Waals surface area contributed by atoms with Crippen molar-refractivity contribution in [3.05, 3.63) is 60.2 Å². The van der Waals surface area contributed by atoms with Gasteiger partial charge in [0.05, 0.1) is 7.11 Å². The molecule has 0 bridgehead atoms. The van der Waals surface area contributed by atoms with E-state index in [0.29, 0.717) is 38.2 Å². The van der Waals surface area contributed by atoms with E-state index in [2.05, 4.69) is 5.32 Å². The Labute approximate surface area is 171 Å². The highest BCUT2D eigenvalue weighted by Crippen LogP contribution is 2.18. The van der Waals surface area contributed by atoms with E-state index < -0.39 is 0 Å². The van der Waals surface area contributed by atoms with Crippen LogP contribution in [0.5, 0.6) is 11.5 Å². The lowest BCUT2D eigenvalue weighted by Crippen LogP contribution is -2.44. The zero-order valence-electron chi connectivity index (χ0n) is 16.8. The van der Waals surface area contributed by atoms with Crippen molar-refractivity contribution in [1.29, 1.82) is 0 Å². The molecule has 0 atom stereocenters. The van der Waals surface area contributed by atoms with Gasteiger partial charge in [-0.2, -0.15) is 0 Å². The minimum absolute atomic E-state index is 0.0305. The molecule has 6 heteroatoms. The van der Waals surface area contributed by atoms with Gasteiger partial charge in [-0.15, -0.1) is 0 Å². The zero-order valence-corrected chi connectivity index (χ0v) is 16.8. The predicted molar refractivity (Wildman–Crippen MR) is 111 cm³/mol. The van der Waals surface area contributed by atoms with Crippen LogP contribution in [0.15, 0.2) is 54.6 Å². The lowest BCUT2D eigenvalue weighted by molar-refractivity contribution is -0.137. The van der Waals surface area contributed by atoms with E-state index in [1.54, 1.807) is 12.0 Å². The molecule has 2 amide bonds.